The van der Waals surface area contributed by atoms with Gasteiger partial charge in [0.15, 0.2) is 11.5 Å². The molecule has 100 valence electrons. The van der Waals surface area contributed by atoms with Gasteiger partial charge in [-0.15, -0.1) is 6.58 Å². The van der Waals surface area contributed by atoms with Crippen LogP contribution in [0.1, 0.15) is 31.5 Å². The average Bonchev–Trinajstić information content (AvgIpc) is 2.86. The molecule has 5 nitrogen and oxygen atoms in total. The van der Waals surface area contributed by atoms with Crippen molar-refractivity contribution < 1.29 is 4.79 Å². The van der Waals surface area contributed by atoms with Crippen LogP contribution in [0, 0.1) is 0 Å². The van der Waals surface area contributed by atoms with E-state index in [0.29, 0.717) is 18.1 Å². The first kappa shape index (κ1) is 12.1. The number of amides is 1. The van der Waals surface area contributed by atoms with Crippen LogP contribution in [-0.2, 0) is 11.3 Å². The lowest BCUT2D eigenvalue weighted by atomic mass is 9.89. The number of aliphatic imine (C=N–C) groups is 1. The van der Waals surface area contributed by atoms with Crippen LogP contribution in [0.3, 0.4) is 0 Å². The Morgan fingerprint density at radius 3 is 3.16 bits per heavy atom. The van der Waals surface area contributed by atoms with E-state index in [0.717, 1.165) is 12.8 Å². The Balaban J connectivity index is 1.94. The number of allylic oxidation sites excluding steroid dienone is 1. The second kappa shape index (κ2) is 4.99. The minimum atomic E-state index is -0.0975. The molecule has 2 aliphatic rings. The predicted octanol–water partition coefficient (Wildman–Crippen LogP) is 1.30. The maximum atomic E-state index is 12.2. The van der Waals surface area contributed by atoms with Gasteiger partial charge in [0.2, 0.25) is 0 Å². The van der Waals surface area contributed by atoms with Crippen LogP contribution in [0.2, 0.25) is 0 Å². The van der Waals surface area contributed by atoms with Crippen LogP contribution >= 0.6 is 0 Å². The van der Waals surface area contributed by atoms with Gasteiger partial charge in [-0.2, -0.15) is 0 Å². The number of carbonyl (C=O) groups excluding carboxylic acids is 1. The number of nitrogens with one attached hydrogen (secondary N) is 1. The van der Waals surface area contributed by atoms with E-state index in [2.05, 4.69) is 21.9 Å². The number of rotatable bonds is 3. The normalized spacial score (nSPS) is 26.3. The summed E-state index contributed by atoms with van der Waals surface area (Å²) in [6.07, 6.45) is 9.79. The molecule has 0 unspecified atom stereocenters. The fourth-order valence-electron chi connectivity index (χ4n) is 2.87. The van der Waals surface area contributed by atoms with Crippen molar-refractivity contribution in [3.8, 4) is 0 Å². The smallest absolute Gasteiger partial charge is 0.273 e. The van der Waals surface area contributed by atoms with Crippen molar-refractivity contribution in [1.29, 1.82) is 0 Å². The van der Waals surface area contributed by atoms with Gasteiger partial charge < -0.3 is 9.88 Å². The summed E-state index contributed by atoms with van der Waals surface area (Å²) < 4.78 is 1.90. The zero-order valence-corrected chi connectivity index (χ0v) is 10.9. The van der Waals surface area contributed by atoms with Crippen molar-refractivity contribution in [3.05, 3.63) is 30.9 Å². The van der Waals surface area contributed by atoms with E-state index in [1.54, 1.807) is 12.3 Å². The highest BCUT2D eigenvalue weighted by molar-refractivity contribution is 6.45. The molecule has 1 saturated carbocycles. The molecule has 2 atom stereocenters. The maximum Gasteiger partial charge on any atom is 0.273 e. The SMILES string of the molecule is C=CCn1ccnc1C1=N[C@H]2CCCC[C@@H]2NC1=O. The molecule has 1 amide bonds. The molecular formula is C14H18N4O. The molecule has 3 rings (SSSR count). The summed E-state index contributed by atoms with van der Waals surface area (Å²) in [4.78, 5) is 21.1. The second-order valence-electron chi connectivity index (χ2n) is 5.10. The summed E-state index contributed by atoms with van der Waals surface area (Å²) >= 11 is 0. The van der Waals surface area contributed by atoms with Crippen molar-refractivity contribution >= 4 is 11.6 Å². The third kappa shape index (κ3) is 2.20. The Labute approximate surface area is 112 Å². The van der Waals surface area contributed by atoms with Crippen molar-refractivity contribution in [3.63, 3.8) is 0 Å². The van der Waals surface area contributed by atoms with E-state index in [9.17, 15) is 4.79 Å². The van der Waals surface area contributed by atoms with Crippen LogP contribution in [0.4, 0.5) is 0 Å². The van der Waals surface area contributed by atoms with Crippen molar-refractivity contribution in [2.24, 2.45) is 4.99 Å². The molecule has 1 aliphatic heterocycles. The van der Waals surface area contributed by atoms with Crippen LogP contribution in [0.25, 0.3) is 0 Å². The highest BCUT2D eigenvalue weighted by atomic mass is 16.2. The summed E-state index contributed by atoms with van der Waals surface area (Å²) in [5.41, 5.74) is 0.468. The van der Waals surface area contributed by atoms with Crippen LogP contribution in [0.15, 0.2) is 30.0 Å². The Morgan fingerprint density at radius 1 is 1.47 bits per heavy atom. The lowest BCUT2D eigenvalue weighted by molar-refractivity contribution is -0.116. The van der Waals surface area contributed by atoms with Crippen molar-refractivity contribution in [2.45, 2.75) is 44.3 Å². The Kier molecular flexibility index (Phi) is 3.19. The fraction of sp³-hybridized carbons (Fsp3) is 0.500. The van der Waals surface area contributed by atoms with Gasteiger partial charge in [-0.25, -0.2) is 4.98 Å². The van der Waals surface area contributed by atoms with Crippen LogP contribution in [0.5, 0.6) is 0 Å². The average molecular weight is 258 g/mol. The first-order chi connectivity index (χ1) is 9.29. The first-order valence-corrected chi connectivity index (χ1v) is 6.80. The molecule has 1 N–H and O–H groups in total. The van der Waals surface area contributed by atoms with Gasteiger partial charge in [-0.3, -0.25) is 9.79 Å². The van der Waals surface area contributed by atoms with Crippen molar-refractivity contribution in [2.75, 3.05) is 0 Å². The fourth-order valence-corrected chi connectivity index (χ4v) is 2.87. The monoisotopic (exact) mass is 258 g/mol. The number of hydrogen-bond acceptors (Lipinski definition) is 3. The molecule has 0 radical (unpaired) electrons. The molecule has 2 heterocycles. The number of fused-ring (bicyclic) bond motifs is 1. The van der Waals surface area contributed by atoms with Crippen molar-refractivity contribution in [1.82, 2.24) is 14.9 Å². The maximum absolute atomic E-state index is 12.2. The molecule has 1 aromatic heterocycles. The minimum absolute atomic E-state index is 0.0975. The van der Waals surface area contributed by atoms with E-state index in [4.69, 9.17) is 0 Å². The van der Waals surface area contributed by atoms with Gasteiger partial charge in [-0.1, -0.05) is 18.9 Å². The van der Waals surface area contributed by atoms with Gasteiger partial charge >= 0.3 is 0 Å². The van der Waals surface area contributed by atoms with Gasteiger partial charge in [0.1, 0.15) is 0 Å². The number of nitrogens with zero attached hydrogens (tertiary/aromatic N) is 3. The zero-order valence-electron chi connectivity index (χ0n) is 10.9. The van der Waals surface area contributed by atoms with E-state index < -0.39 is 0 Å². The summed E-state index contributed by atoms with van der Waals surface area (Å²) in [5.74, 6) is 0.543. The highest BCUT2D eigenvalue weighted by Gasteiger charge is 2.34. The second-order valence-corrected chi connectivity index (χ2v) is 5.10. The molecule has 0 bridgehead atoms. The van der Waals surface area contributed by atoms with Gasteiger partial charge in [0.25, 0.3) is 5.91 Å². The van der Waals surface area contributed by atoms with Crippen LogP contribution < -0.4 is 5.32 Å². The Morgan fingerprint density at radius 2 is 2.32 bits per heavy atom. The standard InChI is InChI=1S/C14H18N4O/c1-2-8-18-9-7-15-13(18)12-14(19)17-11-6-4-3-5-10(11)16-12/h2,7,9-11H,1,3-6,8H2,(H,17,19)/t10-,11-/m0/s1. The molecular weight excluding hydrogens is 240 g/mol. The van der Waals surface area contributed by atoms with Gasteiger partial charge in [0, 0.05) is 18.9 Å². The third-order valence-electron chi connectivity index (χ3n) is 3.81. The summed E-state index contributed by atoms with van der Waals surface area (Å²) in [5, 5.41) is 3.08. The third-order valence-corrected chi connectivity index (χ3v) is 3.81. The Hall–Kier alpha value is -1.91. The summed E-state index contributed by atoms with van der Waals surface area (Å²) in [7, 11) is 0. The lowest BCUT2D eigenvalue weighted by Crippen LogP contribution is -2.52. The molecule has 1 aromatic rings. The highest BCUT2D eigenvalue weighted by Crippen LogP contribution is 2.24. The minimum Gasteiger partial charge on any atom is -0.346 e. The predicted molar refractivity (Wildman–Crippen MR) is 73.1 cm³/mol. The summed E-state index contributed by atoms with van der Waals surface area (Å²) in [6, 6.07) is 0.433. The molecule has 1 fully saturated rings. The zero-order chi connectivity index (χ0) is 13.2. The quantitative estimate of drug-likeness (QED) is 0.831. The number of carbonyl (C=O) groups is 1. The molecule has 0 saturated heterocycles. The topological polar surface area (TPSA) is 59.3 Å². The molecule has 0 spiro atoms. The molecule has 0 aromatic carbocycles. The molecule has 5 heteroatoms. The molecule has 1 aliphatic carbocycles. The van der Waals surface area contributed by atoms with Crippen LogP contribution in [-0.4, -0.2) is 33.3 Å². The number of hydrogen-bond donors (Lipinski definition) is 1. The summed E-state index contributed by atoms with van der Waals surface area (Å²) in [6.45, 7) is 4.35. The van der Waals surface area contributed by atoms with E-state index in [1.807, 2.05) is 10.8 Å². The van der Waals surface area contributed by atoms with E-state index >= 15 is 0 Å². The largest absolute Gasteiger partial charge is 0.346 e. The van der Waals surface area contributed by atoms with E-state index in [1.165, 1.54) is 12.8 Å². The van der Waals surface area contributed by atoms with E-state index in [-0.39, 0.29) is 18.0 Å². The molecule has 19 heavy (non-hydrogen) atoms. The lowest BCUT2D eigenvalue weighted by Gasteiger charge is -2.33. The van der Waals surface area contributed by atoms with Gasteiger partial charge in [-0.05, 0) is 12.8 Å². The number of aromatic nitrogens is 2. The number of imidazole rings is 1. The first-order valence-electron chi connectivity index (χ1n) is 6.80. The van der Waals surface area contributed by atoms with Gasteiger partial charge in [0.05, 0.1) is 12.1 Å². The Bertz CT molecular complexity index is 531.